The number of aliphatic hydroxyl groups is 1. The minimum Gasteiger partial charge on any atom is -0.504 e. The molecule has 0 spiro atoms. The number of carbonyl (C=O) groups excluding carboxylic acids is 1. The summed E-state index contributed by atoms with van der Waals surface area (Å²) >= 11 is 4.69. The maximum Gasteiger partial charge on any atom is 0.338 e. The van der Waals surface area contributed by atoms with Crippen LogP contribution in [0.5, 0.6) is 17.2 Å². The molecule has 2 heterocycles. The molecule has 11 heteroatoms. The van der Waals surface area contributed by atoms with Crippen LogP contribution in [0.25, 0.3) is 22.5 Å². The number of phenolic OH excluding ortho intramolecular Hbond substituents is 1. The van der Waals surface area contributed by atoms with Gasteiger partial charge in [-0.3, -0.25) is 9.36 Å². The maximum atomic E-state index is 14.4. The number of aromatic hydroxyl groups is 1. The highest BCUT2D eigenvalue weighted by Gasteiger charge is 2.37. The number of carbonyl (C=O) groups is 1. The molecule has 0 fully saturated rings. The molecule has 0 radical (unpaired) electrons. The summed E-state index contributed by atoms with van der Waals surface area (Å²) in [6, 6.07) is 23.2. The molecule has 1 aliphatic rings. The second kappa shape index (κ2) is 14.8. The largest absolute Gasteiger partial charge is 0.504 e. The Hall–Kier alpha value is -4.71. The number of thiazole rings is 1. The third kappa shape index (κ3) is 6.60. The molecule has 0 saturated heterocycles. The molecule has 242 valence electrons. The van der Waals surface area contributed by atoms with Gasteiger partial charge in [-0.25, -0.2) is 9.79 Å². The number of ether oxygens (including phenoxy) is 3. The van der Waals surface area contributed by atoms with Crippen LogP contribution in [0.2, 0.25) is 0 Å². The maximum absolute atomic E-state index is 14.4. The molecule has 0 bridgehead atoms. The van der Waals surface area contributed by atoms with Gasteiger partial charge in [0.2, 0.25) is 0 Å². The lowest BCUT2D eigenvalue weighted by atomic mass is 9.89. The average Bonchev–Trinajstić information content (AvgIpc) is 3.39. The summed E-state index contributed by atoms with van der Waals surface area (Å²) in [6.45, 7) is 3.82. The van der Waals surface area contributed by atoms with E-state index in [2.05, 4.69) is 15.9 Å². The van der Waals surface area contributed by atoms with Gasteiger partial charge >= 0.3 is 5.97 Å². The molecule has 2 N–H and O–H groups in total. The first-order valence-corrected chi connectivity index (χ1v) is 16.4. The van der Waals surface area contributed by atoms with Crippen molar-refractivity contribution in [2.75, 3.05) is 27.4 Å². The number of fused-ring (bicyclic) bond motifs is 2. The van der Waals surface area contributed by atoms with Crippen LogP contribution in [0.1, 0.15) is 36.6 Å². The zero-order valence-corrected chi connectivity index (χ0v) is 28.6. The highest BCUT2D eigenvalue weighted by Crippen LogP contribution is 2.42. The van der Waals surface area contributed by atoms with Crippen LogP contribution in [-0.4, -0.2) is 48.2 Å². The molecule has 1 atom stereocenters. The lowest BCUT2D eigenvalue weighted by Gasteiger charge is -2.28. The second-order valence-corrected chi connectivity index (χ2v) is 12.1. The number of methoxy groups -OCH3 is 2. The van der Waals surface area contributed by atoms with Crippen molar-refractivity contribution in [3.8, 4) is 17.2 Å². The Bertz CT molecular complexity index is 2160. The van der Waals surface area contributed by atoms with Gasteiger partial charge in [-0.2, -0.15) is 0 Å². The normalized spacial score (nSPS) is 14.2. The number of aliphatic hydroxyl groups excluding tert-OH is 1. The van der Waals surface area contributed by atoms with Gasteiger partial charge in [0, 0.05) is 22.2 Å². The zero-order valence-electron chi connectivity index (χ0n) is 26.2. The Morgan fingerprint density at radius 2 is 1.68 bits per heavy atom. The van der Waals surface area contributed by atoms with Crippen molar-refractivity contribution in [2.24, 2.45) is 4.99 Å². The first-order chi connectivity index (χ1) is 22.8. The van der Waals surface area contributed by atoms with Crippen molar-refractivity contribution in [1.82, 2.24) is 4.57 Å². The fourth-order valence-electron chi connectivity index (χ4n) is 5.42. The molecule has 0 aliphatic carbocycles. The standard InChI is InChI=1S/C34H27BrN2O6S.C2H6O/c1-4-43-33(40)29-30(20-11-6-5-7-12-20)36-34-37(31(29)28-22-13-9-8-10-19(22)14-15-25(28)41-2)32(39)27(44-34)17-21-16-26(42-3)24(38)18-23(21)35;1-2-3/h5-18,31,38H,4H2,1-3H3;3H,2H2,1H3/b27-17+;. The summed E-state index contributed by atoms with van der Waals surface area (Å²) < 4.78 is 19.3. The van der Waals surface area contributed by atoms with E-state index in [-0.39, 0.29) is 35.8 Å². The van der Waals surface area contributed by atoms with Crippen molar-refractivity contribution in [3.63, 3.8) is 0 Å². The number of rotatable bonds is 7. The lowest BCUT2D eigenvalue weighted by Crippen LogP contribution is -2.40. The Kier molecular flexibility index (Phi) is 10.6. The van der Waals surface area contributed by atoms with Gasteiger partial charge in [-0.05, 0) is 54.5 Å². The fourth-order valence-corrected chi connectivity index (χ4v) is 6.86. The van der Waals surface area contributed by atoms with Crippen LogP contribution in [0.15, 0.2) is 98.7 Å². The molecule has 6 rings (SSSR count). The van der Waals surface area contributed by atoms with E-state index < -0.39 is 12.0 Å². The first-order valence-electron chi connectivity index (χ1n) is 14.8. The monoisotopic (exact) mass is 716 g/mol. The van der Waals surface area contributed by atoms with Crippen molar-refractivity contribution >= 4 is 55.8 Å². The van der Waals surface area contributed by atoms with Crippen LogP contribution < -0.4 is 24.4 Å². The molecule has 1 aromatic heterocycles. The average molecular weight is 718 g/mol. The number of hydrogen-bond donors (Lipinski definition) is 2. The van der Waals surface area contributed by atoms with E-state index in [0.717, 1.165) is 10.8 Å². The van der Waals surface area contributed by atoms with Crippen LogP contribution in [-0.2, 0) is 9.53 Å². The van der Waals surface area contributed by atoms with Gasteiger partial charge in [0.1, 0.15) is 11.8 Å². The molecule has 9 nitrogen and oxygen atoms in total. The number of esters is 1. The van der Waals surface area contributed by atoms with Crippen molar-refractivity contribution in [2.45, 2.75) is 19.9 Å². The lowest BCUT2D eigenvalue weighted by molar-refractivity contribution is -0.138. The molecular weight excluding hydrogens is 684 g/mol. The molecule has 1 aliphatic heterocycles. The van der Waals surface area contributed by atoms with E-state index in [1.165, 1.54) is 24.5 Å². The van der Waals surface area contributed by atoms with E-state index in [1.807, 2.05) is 66.7 Å². The minimum atomic E-state index is -0.915. The number of halogens is 1. The van der Waals surface area contributed by atoms with Gasteiger partial charge in [0.25, 0.3) is 5.56 Å². The van der Waals surface area contributed by atoms with Crippen molar-refractivity contribution in [3.05, 3.63) is 125 Å². The summed E-state index contributed by atoms with van der Waals surface area (Å²) in [6.07, 6.45) is 1.71. The summed E-state index contributed by atoms with van der Waals surface area (Å²) in [5.41, 5.74) is 2.29. The van der Waals surface area contributed by atoms with E-state index in [1.54, 1.807) is 37.7 Å². The summed E-state index contributed by atoms with van der Waals surface area (Å²) in [5, 5.41) is 19.5. The Labute approximate surface area is 283 Å². The molecule has 5 aromatic rings. The summed E-state index contributed by atoms with van der Waals surface area (Å²) in [4.78, 5) is 33.7. The molecule has 0 saturated carbocycles. The number of hydrogen-bond acceptors (Lipinski definition) is 9. The Balaban J connectivity index is 0.00000139. The number of nitrogens with zero attached hydrogens (tertiary/aromatic N) is 2. The van der Waals surface area contributed by atoms with Crippen LogP contribution in [0.4, 0.5) is 0 Å². The van der Waals surface area contributed by atoms with Crippen LogP contribution in [0, 0.1) is 0 Å². The molecule has 4 aromatic carbocycles. The quantitative estimate of drug-likeness (QED) is 0.211. The van der Waals surface area contributed by atoms with E-state index in [0.29, 0.717) is 41.9 Å². The smallest absolute Gasteiger partial charge is 0.338 e. The third-order valence-electron chi connectivity index (χ3n) is 7.38. The molecule has 0 amide bonds. The highest BCUT2D eigenvalue weighted by atomic mass is 79.9. The minimum absolute atomic E-state index is 0.0346. The Morgan fingerprint density at radius 1 is 1.00 bits per heavy atom. The summed E-state index contributed by atoms with van der Waals surface area (Å²) in [7, 11) is 3.03. The van der Waals surface area contributed by atoms with Gasteiger partial charge in [-0.1, -0.05) is 87.9 Å². The number of benzene rings is 4. The third-order valence-corrected chi connectivity index (χ3v) is 9.05. The molecular formula is C36H33BrN2O7S. The molecule has 1 unspecified atom stereocenters. The predicted molar refractivity (Wildman–Crippen MR) is 187 cm³/mol. The van der Waals surface area contributed by atoms with E-state index in [9.17, 15) is 14.7 Å². The number of phenols is 1. The second-order valence-electron chi connectivity index (χ2n) is 10.2. The van der Waals surface area contributed by atoms with Gasteiger partial charge in [0.15, 0.2) is 16.3 Å². The van der Waals surface area contributed by atoms with E-state index in [4.69, 9.17) is 24.3 Å². The number of aromatic nitrogens is 1. The van der Waals surface area contributed by atoms with Crippen LogP contribution in [0.3, 0.4) is 0 Å². The van der Waals surface area contributed by atoms with E-state index >= 15 is 0 Å². The van der Waals surface area contributed by atoms with Gasteiger partial charge < -0.3 is 24.4 Å². The summed E-state index contributed by atoms with van der Waals surface area (Å²) in [5.74, 6) is 0.176. The predicted octanol–water partition coefficient (Wildman–Crippen LogP) is 5.57. The van der Waals surface area contributed by atoms with Gasteiger partial charge in [0.05, 0.1) is 36.6 Å². The Morgan fingerprint density at radius 3 is 2.36 bits per heavy atom. The zero-order chi connectivity index (χ0) is 33.7. The molecule has 47 heavy (non-hydrogen) atoms. The van der Waals surface area contributed by atoms with Gasteiger partial charge in [-0.15, -0.1) is 0 Å². The van der Waals surface area contributed by atoms with Crippen LogP contribution >= 0.6 is 27.3 Å². The first kappa shape index (κ1) is 33.6. The SMILES string of the molecule is CCO.CCOC(=O)C1=C(c2ccccc2)N=c2s/c(=C/c3cc(OC)c(O)cc3Br)c(=O)n2C1c1c(OC)ccc2ccccc12. The van der Waals surface area contributed by atoms with Crippen molar-refractivity contribution < 1.29 is 29.2 Å². The highest BCUT2D eigenvalue weighted by molar-refractivity contribution is 9.10. The fraction of sp³-hybridized carbons (Fsp3) is 0.194. The topological polar surface area (TPSA) is 120 Å². The van der Waals surface area contributed by atoms with Crippen molar-refractivity contribution in [1.29, 1.82) is 0 Å².